The van der Waals surface area contributed by atoms with Gasteiger partial charge >= 0.3 is 0 Å². The Morgan fingerprint density at radius 2 is 2.17 bits per heavy atom. The van der Waals surface area contributed by atoms with E-state index in [9.17, 15) is 10.1 Å². The molecule has 3 nitrogen and oxygen atoms in total. The predicted octanol–water partition coefficient (Wildman–Crippen LogP) is 2.59. The van der Waals surface area contributed by atoms with Gasteiger partial charge in [-0.2, -0.15) is 0 Å². The molecule has 0 bridgehead atoms. The van der Waals surface area contributed by atoms with Crippen LogP contribution in [-0.2, 0) is 0 Å². The van der Waals surface area contributed by atoms with E-state index in [4.69, 9.17) is 11.6 Å². The molecule has 0 atom stereocenters. The Labute approximate surface area is 74.4 Å². The summed E-state index contributed by atoms with van der Waals surface area (Å²) in [6.07, 6.45) is 2.52. The summed E-state index contributed by atoms with van der Waals surface area (Å²) >= 11 is 5.60. The number of hydrogen-bond donors (Lipinski definition) is 0. The molecule has 0 aromatic heterocycles. The van der Waals surface area contributed by atoms with Crippen LogP contribution in [0.4, 0.5) is 5.69 Å². The molecule has 0 aliphatic heterocycles. The van der Waals surface area contributed by atoms with Gasteiger partial charge in [0.2, 0.25) is 0 Å². The maximum atomic E-state index is 10.3. The average Bonchev–Trinajstić information content (AvgIpc) is 2.03. The van der Waals surface area contributed by atoms with Gasteiger partial charge in [0.05, 0.1) is 4.92 Å². The van der Waals surface area contributed by atoms with Gasteiger partial charge in [-0.05, 0) is 17.7 Å². The Balaban J connectivity index is 3.23. The summed E-state index contributed by atoms with van der Waals surface area (Å²) in [5.74, 6) is 0. The van der Waals surface area contributed by atoms with Gasteiger partial charge in [-0.15, -0.1) is 0 Å². The third kappa shape index (κ3) is 1.83. The van der Waals surface area contributed by atoms with Gasteiger partial charge in [-0.3, -0.25) is 10.1 Å². The highest BCUT2D eigenvalue weighted by Crippen LogP contribution is 2.20. The van der Waals surface area contributed by atoms with Crippen LogP contribution in [0, 0.1) is 16.2 Å². The van der Waals surface area contributed by atoms with Crippen molar-refractivity contribution in [1.29, 1.82) is 0 Å². The fourth-order valence-electron chi connectivity index (χ4n) is 0.782. The number of nitro benzene ring substituents is 1. The standard InChI is InChI=1S/C8H5ClNO2/c1-2-6-3-7(9)5-8(4-6)10(11)12/h3-5H,1H2. The molecule has 1 aromatic rings. The van der Waals surface area contributed by atoms with E-state index in [0.29, 0.717) is 10.6 Å². The van der Waals surface area contributed by atoms with Crippen molar-refractivity contribution in [1.82, 2.24) is 0 Å². The smallest absolute Gasteiger partial charge is 0.258 e. The fraction of sp³-hybridized carbons (Fsp3) is 0. The van der Waals surface area contributed by atoms with Crippen molar-refractivity contribution in [2.24, 2.45) is 0 Å². The molecule has 0 saturated heterocycles. The average molecular weight is 183 g/mol. The van der Waals surface area contributed by atoms with Gasteiger partial charge < -0.3 is 0 Å². The number of hydrogen-bond acceptors (Lipinski definition) is 2. The molecule has 0 N–H and O–H groups in total. The second-order valence-electron chi connectivity index (χ2n) is 2.13. The van der Waals surface area contributed by atoms with E-state index < -0.39 is 4.92 Å². The zero-order chi connectivity index (χ0) is 9.14. The van der Waals surface area contributed by atoms with Crippen LogP contribution >= 0.6 is 11.6 Å². The first kappa shape index (κ1) is 8.74. The lowest BCUT2D eigenvalue weighted by atomic mass is 10.2. The maximum absolute atomic E-state index is 10.3. The minimum absolute atomic E-state index is 0.0475. The SMILES string of the molecule is C=[C]c1cc(Cl)cc([N+](=O)[O-])c1. The highest BCUT2D eigenvalue weighted by molar-refractivity contribution is 6.30. The monoisotopic (exact) mass is 182 g/mol. The maximum Gasteiger partial charge on any atom is 0.271 e. The first-order chi connectivity index (χ1) is 5.63. The number of non-ortho nitro benzene ring substituents is 1. The van der Waals surface area contributed by atoms with Gasteiger partial charge in [-0.25, -0.2) is 0 Å². The molecule has 12 heavy (non-hydrogen) atoms. The largest absolute Gasteiger partial charge is 0.271 e. The summed E-state index contributed by atoms with van der Waals surface area (Å²) in [5.41, 5.74) is 0.475. The molecule has 1 aromatic carbocycles. The molecule has 1 rings (SSSR count). The lowest BCUT2D eigenvalue weighted by molar-refractivity contribution is -0.384. The number of nitro groups is 1. The van der Waals surface area contributed by atoms with Crippen LogP contribution in [0.3, 0.4) is 0 Å². The Hall–Kier alpha value is -1.35. The van der Waals surface area contributed by atoms with Crippen LogP contribution in [0.25, 0.3) is 0 Å². The van der Waals surface area contributed by atoms with Crippen molar-refractivity contribution < 1.29 is 4.92 Å². The third-order valence-corrected chi connectivity index (χ3v) is 1.52. The normalized spacial score (nSPS) is 9.42. The van der Waals surface area contributed by atoms with Gasteiger partial charge in [-0.1, -0.05) is 18.2 Å². The van der Waals surface area contributed by atoms with Gasteiger partial charge in [0, 0.05) is 17.2 Å². The van der Waals surface area contributed by atoms with Crippen LogP contribution in [-0.4, -0.2) is 4.92 Å². The number of rotatable bonds is 2. The van der Waals surface area contributed by atoms with Crippen molar-refractivity contribution in [3.8, 4) is 0 Å². The molecule has 0 amide bonds. The molecule has 0 aliphatic rings. The van der Waals surface area contributed by atoms with Crippen LogP contribution < -0.4 is 0 Å². The molecule has 4 heteroatoms. The summed E-state index contributed by atoms with van der Waals surface area (Å²) in [6.45, 7) is 3.37. The van der Waals surface area contributed by atoms with E-state index in [-0.39, 0.29) is 5.69 Å². The second kappa shape index (κ2) is 3.36. The summed E-state index contributed by atoms with van der Waals surface area (Å²) < 4.78 is 0. The molecular formula is C8H5ClNO2. The molecule has 0 heterocycles. The molecule has 0 spiro atoms. The van der Waals surface area contributed by atoms with E-state index in [1.165, 1.54) is 12.1 Å². The lowest BCUT2D eigenvalue weighted by Crippen LogP contribution is -1.88. The number of nitrogens with zero attached hydrogens (tertiary/aromatic N) is 1. The van der Waals surface area contributed by atoms with Crippen molar-refractivity contribution in [3.05, 3.63) is 51.6 Å². The van der Waals surface area contributed by atoms with Crippen LogP contribution in [0.15, 0.2) is 24.8 Å². The summed E-state index contributed by atoms with van der Waals surface area (Å²) in [5, 5.41) is 10.6. The van der Waals surface area contributed by atoms with E-state index in [2.05, 4.69) is 12.7 Å². The first-order valence-corrected chi connectivity index (χ1v) is 3.49. The highest BCUT2D eigenvalue weighted by atomic mass is 35.5. The highest BCUT2D eigenvalue weighted by Gasteiger charge is 2.06. The minimum Gasteiger partial charge on any atom is -0.258 e. The molecule has 61 valence electrons. The molecule has 0 unspecified atom stereocenters. The van der Waals surface area contributed by atoms with Crippen LogP contribution in [0.2, 0.25) is 5.02 Å². The van der Waals surface area contributed by atoms with E-state index in [1.54, 1.807) is 6.07 Å². The Morgan fingerprint density at radius 3 is 2.67 bits per heavy atom. The zero-order valence-corrected chi connectivity index (χ0v) is 6.84. The molecule has 0 fully saturated rings. The number of benzene rings is 1. The second-order valence-corrected chi connectivity index (χ2v) is 2.57. The molecule has 1 radical (unpaired) electrons. The number of halogens is 1. The Kier molecular flexibility index (Phi) is 2.45. The van der Waals surface area contributed by atoms with Crippen molar-refractivity contribution in [2.75, 3.05) is 0 Å². The Bertz CT molecular complexity index is 336. The van der Waals surface area contributed by atoms with Crippen LogP contribution in [0.1, 0.15) is 5.56 Å². The van der Waals surface area contributed by atoms with Gasteiger partial charge in [0.15, 0.2) is 0 Å². The van der Waals surface area contributed by atoms with Crippen molar-refractivity contribution >= 4 is 17.3 Å². The molecular weight excluding hydrogens is 178 g/mol. The first-order valence-electron chi connectivity index (χ1n) is 3.11. The molecule has 0 aliphatic carbocycles. The minimum atomic E-state index is -0.507. The molecule has 0 saturated carbocycles. The Morgan fingerprint density at radius 1 is 1.50 bits per heavy atom. The van der Waals surface area contributed by atoms with Gasteiger partial charge in [0.25, 0.3) is 5.69 Å². The quantitative estimate of drug-likeness (QED) is 0.521. The van der Waals surface area contributed by atoms with Crippen LogP contribution in [0.5, 0.6) is 0 Å². The summed E-state index contributed by atoms with van der Waals surface area (Å²) in [7, 11) is 0. The van der Waals surface area contributed by atoms with Gasteiger partial charge in [0.1, 0.15) is 0 Å². The predicted molar refractivity (Wildman–Crippen MR) is 46.1 cm³/mol. The summed E-state index contributed by atoms with van der Waals surface area (Å²) in [6, 6.07) is 4.20. The fourth-order valence-corrected chi connectivity index (χ4v) is 1.01. The van der Waals surface area contributed by atoms with Crippen molar-refractivity contribution in [3.63, 3.8) is 0 Å². The zero-order valence-electron chi connectivity index (χ0n) is 6.08. The lowest BCUT2D eigenvalue weighted by Gasteiger charge is -1.94. The van der Waals surface area contributed by atoms with E-state index in [0.717, 1.165) is 0 Å². The third-order valence-electron chi connectivity index (χ3n) is 1.30. The van der Waals surface area contributed by atoms with E-state index in [1.807, 2.05) is 0 Å². The van der Waals surface area contributed by atoms with Crippen molar-refractivity contribution in [2.45, 2.75) is 0 Å². The summed E-state index contributed by atoms with van der Waals surface area (Å²) in [4.78, 5) is 9.81. The van der Waals surface area contributed by atoms with E-state index >= 15 is 0 Å². The topological polar surface area (TPSA) is 43.1 Å².